The highest BCUT2D eigenvalue weighted by atomic mass is 35.5. The molecule has 0 aliphatic heterocycles. The molecule has 0 fully saturated rings. The Bertz CT molecular complexity index is 377. The number of hydrogen-bond donors (Lipinski definition) is 1. The van der Waals surface area contributed by atoms with Gasteiger partial charge in [-0.1, -0.05) is 18.2 Å². The molecule has 1 aromatic rings. The summed E-state index contributed by atoms with van der Waals surface area (Å²) in [7, 11) is 0. The fourth-order valence-electron chi connectivity index (χ4n) is 1.34. The lowest BCUT2D eigenvalue weighted by molar-refractivity contribution is 0.352. The monoisotopic (exact) mass is 240 g/mol. The summed E-state index contributed by atoms with van der Waals surface area (Å²) in [5.74, 6) is 0.727. The maximum atomic E-state index is 5.76. The molecule has 1 atom stereocenters. The fraction of sp³-hybridized carbons (Fsp3) is 0.417. The minimum atomic E-state index is 0.0517. The Morgan fingerprint density at radius 2 is 2.31 bits per heavy atom. The normalized spacial score (nSPS) is 12.2. The predicted molar refractivity (Wildman–Crippen MR) is 66.8 cm³/mol. The Balaban J connectivity index is 2.84. The Morgan fingerprint density at radius 1 is 1.62 bits per heavy atom. The van der Waals surface area contributed by atoms with Crippen LogP contribution >= 0.6 is 11.6 Å². The zero-order valence-corrected chi connectivity index (χ0v) is 10.4. The van der Waals surface area contributed by atoms with Crippen molar-refractivity contribution in [3.63, 3.8) is 0 Å². The smallest absolute Gasteiger partial charge is 0.141 e. The minimum absolute atomic E-state index is 0.0517. The molecule has 0 saturated carbocycles. The summed E-state index contributed by atoms with van der Waals surface area (Å²) < 4.78 is 5.50. The van der Waals surface area contributed by atoms with Crippen LogP contribution in [0.4, 0.5) is 0 Å². The van der Waals surface area contributed by atoms with Crippen molar-refractivity contribution in [1.82, 2.24) is 4.98 Å². The largest absolute Gasteiger partial charge is 0.486 e. The molecule has 0 amide bonds. The molecule has 0 saturated heterocycles. The average Bonchev–Trinajstić information content (AvgIpc) is 2.15. The average molecular weight is 241 g/mol. The van der Waals surface area contributed by atoms with Gasteiger partial charge in [0.05, 0.1) is 5.69 Å². The van der Waals surface area contributed by atoms with Crippen LogP contribution in [-0.2, 0) is 6.42 Å². The van der Waals surface area contributed by atoms with Gasteiger partial charge in [0.15, 0.2) is 0 Å². The molecule has 4 heteroatoms. The number of nitrogens with zero attached hydrogens (tertiary/aromatic N) is 1. The molecule has 1 rings (SSSR count). The maximum absolute atomic E-state index is 5.76. The van der Waals surface area contributed by atoms with E-state index in [0.717, 1.165) is 17.1 Å². The quantitative estimate of drug-likeness (QED) is 0.860. The number of nitrogens with two attached hydrogens (primary N) is 1. The summed E-state index contributed by atoms with van der Waals surface area (Å²) >= 11 is 5.65. The van der Waals surface area contributed by atoms with Gasteiger partial charge in [0.25, 0.3) is 0 Å². The molecule has 1 heterocycles. The van der Waals surface area contributed by atoms with E-state index in [9.17, 15) is 0 Å². The first kappa shape index (κ1) is 13.0. The van der Waals surface area contributed by atoms with Gasteiger partial charge in [-0.25, -0.2) is 0 Å². The van der Waals surface area contributed by atoms with Crippen LogP contribution in [-0.4, -0.2) is 17.6 Å². The lowest BCUT2D eigenvalue weighted by atomic mass is 10.1. The molecule has 0 aliphatic carbocycles. The summed E-state index contributed by atoms with van der Waals surface area (Å²) in [6.07, 6.45) is 0.686. The van der Waals surface area contributed by atoms with Crippen LogP contribution in [0.1, 0.15) is 18.3 Å². The van der Waals surface area contributed by atoms with Crippen molar-refractivity contribution in [3.8, 4) is 5.75 Å². The first-order valence-electron chi connectivity index (χ1n) is 5.17. The Morgan fingerprint density at radius 3 is 2.88 bits per heavy atom. The van der Waals surface area contributed by atoms with Gasteiger partial charge in [-0.2, -0.15) is 0 Å². The lowest BCUT2D eigenvalue weighted by Crippen LogP contribution is -2.19. The minimum Gasteiger partial charge on any atom is -0.486 e. The van der Waals surface area contributed by atoms with Crippen molar-refractivity contribution in [2.75, 3.05) is 6.61 Å². The highest BCUT2D eigenvalue weighted by Gasteiger charge is 2.08. The second-order valence-corrected chi connectivity index (χ2v) is 4.42. The van der Waals surface area contributed by atoms with E-state index in [4.69, 9.17) is 22.1 Å². The molecular weight excluding hydrogens is 224 g/mol. The van der Waals surface area contributed by atoms with E-state index >= 15 is 0 Å². The van der Waals surface area contributed by atoms with E-state index in [2.05, 4.69) is 11.6 Å². The number of ether oxygens (including phenoxy) is 1. The van der Waals surface area contributed by atoms with Crippen LogP contribution in [0.3, 0.4) is 0 Å². The molecule has 0 spiro atoms. The van der Waals surface area contributed by atoms with Gasteiger partial charge in [0.2, 0.25) is 0 Å². The molecule has 0 bridgehead atoms. The van der Waals surface area contributed by atoms with Gasteiger partial charge in [-0.3, -0.25) is 4.98 Å². The molecule has 0 aromatic carbocycles. The standard InChI is InChI=1S/C12H17ClN2O/c1-8(13)7-16-12-5-4-10(3)15-11(12)6-9(2)14/h4-5,9H,1,6-7,14H2,2-3H3. The third-order valence-electron chi connectivity index (χ3n) is 1.97. The SMILES string of the molecule is C=C(Cl)COc1ccc(C)nc1CC(C)N. The summed E-state index contributed by atoms with van der Waals surface area (Å²) in [4.78, 5) is 4.41. The van der Waals surface area contributed by atoms with Crippen molar-refractivity contribution in [2.45, 2.75) is 26.3 Å². The van der Waals surface area contributed by atoms with Gasteiger partial charge in [-0.15, -0.1) is 0 Å². The number of hydrogen-bond acceptors (Lipinski definition) is 3. The summed E-state index contributed by atoms with van der Waals surface area (Å²) in [6.45, 7) is 7.74. The van der Waals surface area contributed by atoms with E-state index in [-0.39, 0.29) is 12.6 Å². The first-order chi connectivity index (χ1) is 7.49. The molecule has 0 aliphatic rings. The van der Waals surface area contributed by atoms with Gasteiger partial charge in [0, 0.05) is 23.2 Å². The van der Waals surface area contributed by atoms with E-state index in [1.165, 1.54) is 0 Å². The van der Waals surface area contributed by atoms with Crippen molar-refractivity contribution < 1.29 is 4.74 Å². The lowest BCUT2D eigenvalue weighted by Gasteiger charge is -2.12. The van der Waals surface area contributed by atoms with Gasteiger partial charge >= 0.3 is 0 Å². The van der Waals surface area contributed by atoms with E-state index in [1.54, 1.807) is 0 Å². The molecule has 88 valence electrons. The number of aryl methyl sites for hydroxylation is 1. The molecule has 16 heavy (non-hydrogen) atoms. The zero-order valence-electron chi connectivity index (χ0n) is 9.66. The molecule has 0 radical (unpaired) electrons. The predicted octanol–water partition coefficient (Wildman–Crippen LogP) is 2.41. The van der Waals surface area contributed by atoms with Crippen LogP contribution in [0, 0.1) is 6.92 Å². The van der Waals surface area contributed by atoms with Gasteiger partial charge in [0.1, 0.15) is 12.4 Å². The van der Waals surface area contributed by atoms with Gasteiger partial charge < -0.3 is 10.5 Å². The number of halogens is 1. The van der Waals surface area contributed by atoms with Crippen molar-refractivity contribution in [2.24, 2.45) is 5.73 Å². The third-order valence-corrected chi connectivity index (χ3v) is 2.08. The molecule has 2 N–H and O–H groups in total. The fourth-order valence-corrected chi connectivity index (χ4v) is 1.39. The van der Waals surface area contributed by atoms with E-state index in [1.807, 2.05) is 26.0 Å². The summed E-state index contributed by atoms with van der Waals surface area (Å²) in [5.41, 5.74) is 7.58. The highest BCUT2D eigenvalue weighted by molar-refractivity contribution is 6.29. The van der Waals surface area contributed by atoms with Crippen LogP contribution < -0.4 is 10.5 Å². The van der Waals surface area contributed by atoms with Crippen molar-refractivity contribution in [1.29, 1.82) is 0 Å². The Kier molecular flexibility index (Phi) is 4.77. The second-order valence-electron chi connectivity index (χ2n) is 3.88. The third kappa shape index (κ3) is 4.21. The van der Waals surface area contributed by atoms with Gasteiger partial charge in [-0.05, 0) is 26.0 Å². The first-order valence-corrected chi connectivity index (χ1v) is 5.55. The highest BCUT2D eigenvalue weighted by Crippen LogP contribution is 2.19. The zero-order chi connectivity index (χ0) is 12.1. The van der Waals surface area contributed by atoms with Crippen LogP contribution in [0.15, 0.2) is 23.7 Å². The topological polar surface area (TPSA) is 48.1 Å². The van der Waals surface area contributed by atoms with Crippen LogP contribution in [0.25, 0.3) is 0 Å². The van der Waals surface area contributed by atoms with Crippen LogP contribution in [0.5, 0.6) is 5.75 Å². The number of pyridine rings is 1. The Hall–Kier alpha value is -1.06. The molecule has 3 nitrogen and oxygen atoms in total. The maximum Gasteiger partial charge on any atom is 0.141 e. The van der Waals surface area contributed by atoms with E-state index in [0.29, 0.717) is 11.5 Å². The second kappa shape index (κ2) is 5.87. The summed E-state index contributed by atoms with van der Waals surface area (Å²) in [5, 5.41) is 0.465. The molecule has 1 unspecified atom stereocenters. The van der Waals surface area contributed by atoms with Crippen molar-refractivity contribution in [3.05, 3.63) is 35.1 Å². The number of aromatic nitrogens is 1. The van der Waals surface area contributed by atoms with Crippen molar-refractivity contribution >= 4 is 11.6 Å². The van der Waals surface area contributed by atoms with E-state index < -0.39 is 0 Å². The number of rotatable bonds is 5. The summed E-state index contributed by atoms with van der Waals surface area (Å²) in [6, 6.07) is 3.84. The van der Waals surface area contributed by atoms with Crippen LogP contribution in [0.2, 0.25) is 0 Å². The molecule has 1 aromatic heterocycles. The Labute approximate surface area is 101 Å². The molecular formula is C12H17ClN2O.